The summed E-state index contributed by atoms with van der Waals surface area (Å²) in [6.45, 7) is 3.85. The predicted octanol–water partition coefficient (Wildman–Crippen LogP) is 2.90. The lowest BCUT2D eigenvalue weighted by Gasteiger charge is -2.09. The van der Waals surface area contributed by atoms with E-state index >= 15 is 0 Å². The van der Waals surface area contributed by atoms with E-state index in [1.165, 1.54) is 0 Å². The van der Waals surface area contributed by atoms with Crippen molar-refractivity contribution in [1.29, 1.82) is 5.26 Å². The van der Waals surface area contributed by atoms with Crippen molar-refractivity contribution in [2.45, 2.75) is 20.3 Å². The molecule has 1 aromatic heterocycles. The monoisotopic (exact) mass is 268 g/mol. The first kappa shape index (κ1) is 14.0. The second-order valence-electron chi connectivity index (χ2n) is 4.59. The first-order valence-corrected chi connectivity index (χ1v) is 6.40. The number of aliphatic hydroxyl groups is 1. The van der Waals surface area contributed by atoms with Crippen LogP contribution in [-0.4, -0.2) is 16.7 Å². The molecule has 0 atom stereocenters. The highest BCUT2D eigenvalue weighted by Crippen LogP contribution is 2.26. The number of aromatic nitrogens is 1. The number of ether oxygens (including phenoxy) is 1. The highest BCUT2D eigenvalue weighted by atomic mass is 16.5. The van der Waals surface area contributed by atoms with Crippen LogP contribution in [0.25, 0.3) is 0 Å². The van der Waals surface area contributed by atoms with Crippen molar-refractivity contribution in [2.75, 3.05) is 6.61 Å². The molecule has 0 unspecified atom stereocenters. The Balaban J connectivity index is 2.28. The number of benzene rings is 1. The molecule has 0 aliphatic rings. The van der Waals surface area contributed by atoms with Crippen LogP contribution < -0.4 is 4.74 Å². The summed E-state index contributed by atoms with van der Waals surface area (Å²) in [4.78, 5) is 4.27. The van der Waals surface area contributed by atoms with E-state index in [4.69, 9.17) is 9.84 Å². The Bertz CT molecular complexity index is 643. The molecule has 1 heterocycles. The maximum absolute atomic E-state index is 9.18. The zero-order valence-corrected chi connectivity index (χ0v) is 11.6. The van der Waals surface area contributed by atoms with E-state index in [1.54, 1.807) is 0 Å². The number of hydrogen-bond acceptors (Lipinski definition) is 4. The van der Waals surface area contributed by atoms with Crippen molar-refractivity contribution in [2.24, 2.45) is 0 Å². The quantitative estimate of drug-likeness (QED) is 0.925. The van der Waals surface area contributed by atoms with Gasteiger partial charge in [-0.3, -0.25) is 0 Å². The molecule has 0 aliphatic heterocycles. The molecule has 4 heteroatoms. The van der Waals surface area contributed by atoms with Gasteiger partial charge in [-0.25, -0.2) is 4.98 Å². The average molecular weight is 268 g/mol. The Kier molecular flexibility index (Phi) is 4.34. The third kappa shape index (κ3) is 3.14. The van der Waals surface area contributed by atoms with Crippen LogP contribution in [0, 0.1) is 25.2 Å². The minimum Gasteiger partial charge on any atom is -0.438 e. The average Bonchev–Trinajstić information content (AvgIpc) is 2.41. The lowest BCUT2D eigenvalue weighted by atomic mass is 10.1. The van der Waals surface area contributed by atoms with Gasteiger partial charge in [0.2, 0.25) is 5.88 Å². The molecule has 0 aliphatic carbocycles. The number of aryl methyl sites for hydroxylation is 2. The minimum atomic E-state index is 0.122. The number of rotatable bonds is 4. The second kappa shape index (κ2) is 6.18. The number of aliphatic hydroxyl groups excluding tert-OH is 1. The minimum absolute atomic E-state index is 0.122. The third-order valence-corrected chi connectivity index (χ3v) is 2.96. The molecule has 0 amide bonds. The van der Waals surface area contributed by atoms with Crippen LogP contribution >= 0.6 is 0 Å². The Morgan fingerprint density at radius 1 is 1.25 bits per heavy atom. The SMILES string of the molecule is Cc1cc(C)c(C#N)c(Oc2ccc(CCO)cc2)n1. The zero-order valence-electron chi connectivity index (χ0n) is 11.6. The first-order valence-electron chi connectivity index (χ1n) is 6.40. The van der Waals surface area contributed by atoms with Gasteiger partial charge in [0.15, 0.2) is 0 Å². The van der Waals surface area contributed by atoms with Crippen LogP contribution in [-0.2, 0) is 6.42 Å². The highest BCUT2D eigenvalue weighted by Gasteiger charge is 2.10. The molecule has 2 rings (SSSR count). The van der Waals surface area contributed by atoms with Crippen LogP contribution in [0.4, 0.5) is 0 Å². The van der Waals surface area contributed by atoms with Gasteiger partial charge in [0.25, 0.3) is 0 Å². The molecule has 2 aromatic rings. The van der Waals surface area contributed by atoms with Gasteiger partial charge in [-0.2, -0.15) is 5.26 Å². The van der Waals surface area contributed by atoms with Gasteiger partial charge in [0, 0.05) is 12.3 Å². The lowest BCUT2D eigenvalue weighted by molar-refractivity contribution is 0.299. The Hall–Kier alpha value is -2.38. The first-order chi connectivity index (χ1) is 9.63. The number of nitriles is 1. The van der Waals surface area contributed by atoms with E-state index in [0.717, 1.165) is 16.8 Å². The van der Waals surface area contributed by atoms with Crippen molar-refractivity contribution >= 4 is 0 Å². The van der Waals surface area contributed by atoms with E-state index < -0.39 is 0 Å². The maximum atomic E-state index is 9.18. The Morgan fingerprint density at radius 2 is 1.95 bits per heavy atom. The fourth-order valence-corrected chi connectivity index (χ4v) is 1.98. The topological polar surface area (TPSA) is 66.1 Å². The summed E-state index contributed by atoms with van der Waals surface area (Å²) in [5.41, 5.74) is 3.16. The van der Waals surface area contributed by atoms with Gasteiger partial charge >= 0.3 is 0 Å². The molecule has 0 radical (unpaired) electrons. The van der Waals surface area contributed by atoms with Crippen molar-refractivity contribution < 1.29 is 9.84 Å². The van der Waals surface area contributed by atoms with Crippen molar-refractivity contribution in [1.82, 2.24) is 4.98 Å². The summed E-state index contributed by atoms with van der Waals surface area (Å²) in [7, 11) is 0. The normalized spacial score (nSPS) is 10.1. The molecule has 20 heavy (non-hydrogen) atoms. The molecular weight excluding hydrogens is 252 g/mol. The molecular formula is C16H16N2O2. The van der Waals surface area contributed by atoms with Crippen molar-refractivity contribution in [3.8, 4) is 17.7 Å². The number of nitrogens with zero attached hydrogens (tertiary/aromatic N) is 2. The Morgan fingerprint density at radius 3 is 2.55 bits per heavy atom. The van der Waals surface area contributed by atoms with Crippen LogP contribution in [0.3, 0.4) is 0 Å². The fraction of sp³-hybridized carbons (Fsp3) is 0.250. The Labute approximate surface area is 118 Å². The summed E-state index contributed by atoms with van der Waals surface area (Å²) in [5.74, 6) is 0.959. The number of pyridine rings is 1. The van der Waals surface area contributed by atoms with Gasteiger partial charge < -0.3 is 9.84 Å². The molecule has 102 valence electrons. The van der Waals surface area contributed by atoms with Gasteiger partial charge in [0.05, 0.1) is 0 Å². The maximum Gasteiger partial charge on any atom is 0.237 e. The van der Waals surface area contributed by atoms with Gasteiger partial charge in [-0.15, -0.1) is 0 Å². The fourth-order valence-electron chi connectivity index (χ4n) is 1.98. The van der Waals surface area contributed by atoms with Gasteiger partial charge in [0.1, 0.15) is 17.4 Å². The predicted molar refractivity (Wildman–Crippen MR) is 75.7 cm³/mol. The summed E-state index contributed by atoms with van der Waals surface area (Å²) in [6.07, 6.45) is 0.617. The zero-order chi connectivity index (χ0) is 14.5. The summed E-state index contributed by atoms with van der Waals surface area (Å²) in [6, 6.07) is 11.4. The van der Waals surface area contributed by atoms with E-state index in [2.05, 4.69) is 11.1 Å². The molecule has 0 spiro atoms. The molecule has 4 nitrogen and oxygen atoms in total. The molecule has 0 fully saturated rings. The van der Waals surface area contributed by atoms with Crippen molar-refractivity contribution in [3.63, 3.8) is 0 Å². The van der Waals surface area contributed by atoms with E-state index in [-0.39, 0.29) is 6.61 Å². The van der Waals surface area contributed by atoms with Gasteiger partial charge in [-0.1, -0.05) is 12.1 Å². The largest absolute Gasteiger partial charge is 0.438 e. The summed E-state index contributed by atoms with van der Waals surface area (Å²) in [5, 5.41) is 18.1. The smallest absolute Gasteiger partial charge is 0.237 e. The highest BCUT2D eigenvalue weighted by molar-refractivity contribution is 5.47. The molecule has 0 saturated carbocycles. The second-order valence-corrected chi connectivity index (χ2v) is 4.59. The van der Waals surface area contributed by atoms with Crippen LogP contribution in [0.1, 0.15) is 22.4 Å². The molecule has 1 aromatic carbocycles. The van der Waals surface area contributed by atoms with Crippen LogP contribution in [0.15, 0.2) is 30.3 Å². The molecule has 0 bridgehead atoms. The lowest BCUT2D eigenvalue weighted by Crippen LogP contribution is -1.97. The molecule has 0 saturated heterocycles. The van der Waals surface area contributed by atoms with Crippen LogP contribution in [0.2, 0.25) is 0 Å². The third-order valence-electron chi connectivity index (χ3n) is 2.96. The summed E-state index contributed by atoms with van der Waals surface area (Å²) < 4.78 is 5.70. The van der Waals surface area contributed by atoms with E-state index in [9.17, 15) is 5.26 Å². The van der Waals surface area contributed by atoms with E-state index in [0.29, 0.717) is 23.6 Å². The van der Waals surface area contributed by atoms with Gasteiger partial charge in [-0.05, 0) is 49.6 Å². The number of hydrogen-bond donors (Lipinski definition) is 1. The van der Waals surface area contributed by atoms with E-state index in [1.807, 2.05) is 44.2 Å². The standard InChI is InChI=1S/C16H16N2O2/c1-11-9-12(2)18-16(15(11)10-17)20-14-5-3-13(4-6-14)7-8-19/h3-6,9,19H,7-8H2,1-2H3. The van der Waals surface area contributed by atoms with Crippen LogP contribution in [0.5, 0.6) is 11.6 Å². The summed E-state index contributed by atoms with van der Waals surface area (Å²) >= 11 is 0. The molecule has 1 N–H and O–H groups in total. The van der Waals surface area contributed by atoms with Crippen molar-refractivity contribution in [3.05, 3.63) is 52.7 Å².